The number of aromatic nitrogens is 2. The van der Waals surface area contributed by atoms with Crippen LogP contribution in [-0.2, 0) is 6.54 Å². The Morgan fingerprint density at radius 3 is 2.86 bits per heavy atom. The fourth-order valence-corrected chi connectivity index (χ4v) is 3.54. The summed E-state index contributed by atoms with van der Waals surface area (Å²) in [4.78, 5) is 10.4. The van der Waals surface area contributed by atoms with E-state index >= 15 is 0 Å². The molecule has 3 heterocycles. The van der Waals surface area contributed by atoms with Crippen LogP contribution in [0.1, 0.15) is 31.2 Å². The summed E-state index contributed by atoms with van der Waals surface area (Å²) in [5.41, 5.74) is 2.42. The zero-order valence-electron chi connectivity index (χ0n) is 12.5. The summed E-state index contributed by atoms with van der Waals surface area (Å²) in [6, 6.07) is 5.04. The predicted molar refractivity (Wildman–Crippen MR) is 85.1 cm³/mol. The number of hydrogen-bond donors (Lipinski definition) is 2. The molecule has 21 heavy (non-hydrogen) atoms. The highest BCUT2D eigenvalue weighted by atomic mass is 15.2. The van der Waals surface area contributed by atoms with Crippen LogP contribution in [-0.4, -0.2) is 40.5 Å². The second kappa shape index (κ2) is 5.78. The van der Waals surface area contributed by atoms with E-state index in [0.717, 1.165) is 24.2 Å². The number of fused-ring (bicyclic) bond motifs is 1. The van der Waals surface area contributed by atoms with Crippen LogP contribution >= 0.6 is 0 Å². The third-order valence-electron chi connectivity index (χ3n) is 4.92. The molecular weight excluding hydrogens is 260 g/mol. The maximum absolute atomic E-state index is 4.40. The van der Waals surface area contributed by atoms with E-state index in [2.05, 4.69) is 32.4 Å². The van der Waals surface area contributed by atoms with E-state index in [-0.39, 0.29) is 0 Å². The van der Waals surface area contributed by atoms with E-state index in [1.807, 2.05) is 12.3 Å². The lowest BCUT2D eigenvalue weighted by atomic mass is 9.97. The van der Waals surface area contributed by atoms with Crippen LogP contribution in [0.2, 0.25) is 0 Å². The first-order chi connectivity index (χ1) is 10.4. The van der Waals surface area contributed by atoms with Crippen molar-refractivity contribution in [2.24, 2.45) is 5.92 Å². The fraction of sp³-hybridized carbons (Fsp3) is 0.588. The first-order valence-corrected chi connectivity index (χ1v) is 8.26. The molecule has 112 valence electrons. The van der Waals surface area contributed by atoms with Crippen LogP contribution in [0.3, 0.4) is 0 Å². The van der Waals surface area contributed by atoms with Crippen LogP contribution in [0.25, 0.3) is 11.0 Å². The van der Waals surface area contributed by atoms with Crippen molar-refractivity contribution in [3.05, 3.63) is 30.1 Å². The SMILES string of the molecule is c1cnc2[nH]cc(CN(CC3CCNCC3)C3CC3)c2c1. The van der Waals surface area contributed by atoms with Gasteiger partial charge in [0, 0.05) is 36.9 Å². The highest BCUT2D eigenvalue weighted by Gasteiger charge is 2.31. The largest absolute Gasteiger partial charge is 0.346 e. The molecule has 1 aliphatic heterocycles. The van der Waals surface area contributed by atoms with Gasteiger partial charge in [0.15, 0.2) is 0 Å². The maximum atomic E-state index is 4.40. The lowest BCUT2D eigenvalue weighted by molar-refractivity contribution is 0.191. The molecule has 0 aromatic carbocycles. The Kier molecular flexibility index (Phi) is 3.65. The number of hydrogen-bond acceptors (Lipinski definition) is 3. The molecule has 2 aliphatic rings. The topological polar surface area (TPSA) is 44.0 Å². The van der Waals surface area contributed by atoms with Gasteiger partial charge >= 0.3 is 0 Å². The van der Waals surface area contributed by atoms with Crippen LogP contribution in [0.15, 0.2) is 24.5 Å². The molecular formula is C17H24N4. The second-order valence-corrected chi connectivity index (χ2v) is 6.57. The van der Waals surface area contributed by atoms with E-state index in [1.165, 1.54) is 56.3 Å². The molecule has 4 heteroatoms. The molecule has 0 atom stereocenters. The molecule has 2 N–H and O–H groups in total. The lowest BCUT2D eigenvalue weighted by Gasteiger charge is -2.30. The molecule has 0 unspecified atom stereocenters. The molecule has 0 radical (unpaired) electrons. The molecule has 0 spiro atoms. The maximum Gasteiger partial charge on any atom is 0.137 e. The number of aromatic amines is 1. The molecule has 4 rings (SSSR count). The van der Waals surface area contributed by atoms with E-state index in [9.17, 15) is 0 Å². The normalized spacial score (nSPS) is 20.4. The Morgan fingerprint density at radius 1 is 1.19 bits per heavy atom. The molecule has 2 aromatic heterocycles. The Labute approximate surface area is 125 Å². The van der Waals surface area contributed by atoms with Crippen molar-refractivity contribution in [2.45, 2.75) is 38.3 Å². The summed E-state index contributed by atoms with van der Waals surface area (Å²) in [5, 5.41) is 4.76. The average Bonchev–Trinajstić information content (AvgIpc) is 3.30. The number of H-pyrrole nitrogens is 1. The van der Waals surface area contributed by atoms with Crippen molar-refractivity contribution in [2.75, 3.05) is 19.6 Å². The third-order valence-corrected chi connectivity index (χ3v) is 4.92. The van der Waals surface area contributed by atoms with Gasteiger partial charge in [0.2, 0.25) is 0 Å². The summed E-state index contributed by atoms with van der Waals surface area (Å²) in [7, 11) is 0. The average molecular weight is 284 g/mol. The highest BCUT2D eigenvalue weighted by Crippen LogP contribution is 2.31. The smallest absolute Gasteiger partial charge is 0.137 e. The van der Waals surface area contributed by atoms with Crippen molar-refractivity contribution in [3.8, 4) is 0 Å². The quantitative estimate of drug-likeness (QED) is 0.887. The molecule has 1 aliphatic carbocycles. The van der Waals surface area contributed by atoms with Crippen LogP contribution in [0.4, 0.5) is 0 Å². The Bertz CT molecular complexity index is 596. The molecule has 2 aromatic rings. The Morgan fingerprint density at radius 2 is 2.05 bits per heavy atom. The number of rotatable bonds is 5. The van der Waals surface area contributed by atoms with Gasteiger partial charge in [-0.25, -0.2) is 4.98 Å². The van der Waals surface area contributed by atoms with E-state index < -0.39 is 0 Å². The van der Waals surface area contributed by atoms with Gasteiger partial charge in [0.1, 0.15) is 5.65 Å². The fourth-order valence-electron chi connectivity index (χ4n) is 3.54. The van der Waals surface area contributed by atoms with Crippen LogP contribution in [0, 0.1) is 5.92 Å². The first-order valence-electron chi connectivity index (χ1n) is 8.26. The van der Waals surface area contributed by atoms with Gasteiger partial charge in [0.05, 0.1) is 0 Å². The number of piperidine rings is 1. The standard InChI is InChI=1S/C17H24N4/c1-2-16-14(10-20-17(16)19-7-1)12-21(15-3-4-15)11-13-5-8-18-9-6-13/h1-2,7,10,13,15,18H,3-6,8-9,11-12H2,(H,19,20). The van der Waals surface area contributed by atoms with Gasteiger partial charge < -0.3 is 10.3 Å². The van der Waals surface area contributed by atoms with Crippen LogP contribution in [0.5, 0.6) is 0 Å². The minimum Gasteiger partial charge on any atom is -0.346 e. The second-order valence-electron chi connectivity index (χ2n) is 6.57. The van der Waals surface area contributed by atoms with E-state index in [0.29, 0.717) is 0 Å². The molecule has 1 saturated carbocycles. The third kappa shape index (κ3) is 2.97. The minimum atomic E-state index is 0.821. The summed E-state index contributed by atoms with van der Waals surface area (Å²) in [6.07, 6.45) is 9.43. The highest BCUT2D eigenvalue weighted by molar-refractivity contribution is 5.79. The van der Waals surface area contributed by atoms with E-state index in [1.54, 1.807) is 0 Å². The first kappa shape index (κ1) is 13.3. The van der Waals surface area contributed by atoms with Gasteiger partial charge in [-0.15, -0.1) is 0 Å². The van der Waals surface area contributed by atoms with Crippen molar-refractivity contribution >= 4 is 11.0 Å². The van der Waals surface area contributed by atoms with Gasteiger partial charge in [0.25, 0.3) is 0 Å². The summed E-state index contributed by atoms with van der Waals surface area (Å²) in [5.74, 6) is 0.871. The predicted octanol–water partition coefficient (Wildman–Crippen LogP) is 2.53. The minimum absolute atomic E-state index is 0.821. The van der Waals surface area contributed by atoms with Gasteiger partial charge in [-0.2, -0.15) is 0 Å². The monoisotopic (exact) mass is 284 g/mol. The van der Waals surface area contributed by atoms with Crippen molar-refractivity contribution < 1.29 is 0 Å². The Balaban J connectivity index is 1.49. The van der Waals surface area contributed by atoms with Gasteiger partial charge in [-0.3, -0.25) is 4.90 Å². The van der Waals surface area contributed by atoms with Crippen LogP contribution < -0.4 is 5.32 Å². The Hall–Kier alpha value is -1.39. The molecule has 1 saturated heterocycles. The summed E-state index contributed by atoms with van der Waals surface area (Å²) in [6.45, 7) is 4.72. The zero-order valence-corrected chi connectivity index (χ0v) is 12.5. The van der Waals surface area contributed by atoms with Crippen molar-refractivity contribution in [3.63, 3.8) is 0 Å². The summed E-state index contributed by atoms with van der Waals surface area (Å²) < 4.78 is 0. The van der Waals surface area contributed by atoms with Gasteiger partial charge in [-0.1, -0.05) is 0 Å². The van der Waals surface area contributed by atoms with E-state index in [4.69, 9.17) is 0 Å². The number of nitrogens with one attached hydrogen (secondary N) is 2. The molecule has 2 fully saturated rings. The van der Waals surface area contributed by atoms with Crippen molar-refractivity contribution in [1.82, 2.24) is 20.2 Å². The molecule has 0 bridgehead atoms. The van der Waals surface area contributed by atoms with Gasteiger partial charge in [-0.05, 0) is 62.4 Å². The van der Waals surface area contributed by atoms with Crippen molar-refractivity contribution in [1.29, 1.82) is 0 Å². The number of nitrogens with zero attached hydrogens (tertiary/aromatic N) is 2. The summed E-state index contributed by atoms with van der Waals surface area (Å²) >= 11 is 0. The number of pyridine rings is 1. The zero-order chi connectivity index (χ0) is 14.1. The lowest BCUT2D eigenvalue weighted by Crippen LogP contribution is -2.37. The molecule has 0 amide bonds. The molecule has 4 nitrogen and oxygen atoms in total.